The number of unbranched alkanes of at least 4 members (excludes halogenated alkanes) is 5. The second kappa shape index (κ2) is 15.0. The van der Waals surface area contributed by atoms with Gasteiger partial charge in [0.1, 0.15) is 0 Å². The van der Waals surface area contributed by atoms with E-state index in [2.05, 4.69) is 18.8 Å². The van der Waals surface area contributed by atoms with E-state index in [4.69, 9.17) is 5.73 Å². The molecule has 1 unspecified atom stereocenters. The number of carbonyl (C=O) groups excluding carboxylic acids is 1. The zero-order valence-electron chi connectivity index (χ0n) is 13.8. The van der Waals surface area contributed by atoms with Crippen molar-refractivity contribution in [1.82, 2.24) is 4.98 Å². The largest absolute Gasteiger partial charge is 0.369 e. The van der Waals surface area contributed by atoms with Gasteiger partial charge in [-0.15, -0.1) is 0 Å². The van der Waals surface area contributed by atoms with E-state index in [1.54, 1.807) is 12.4 Å². The number of aromatic nitrogens is 1. The summed E-state index contributed by atoms with van der Waals surface area (Å²) in [5.41, 5.74) is 5.38. The number of carbonyl (C=O) groups is 1. The minimum Gasteiger partial charge on any atom is -0.369 e. The molecular formula is C18H32N2O. The predicted molar refractivity (Wildman–Crippen MR) is 89.8 cm³/mol. The van der Waals surface area contributed by atoms with Crippen LogP contribution in [0.15, 0.2) is 30.6 Å². The van der Waals surface area contributed by atoms with Gasteiger partial charge in [-0.1, -0.05) is 64.9 Å². The fourth-order valence-electron chi connectivity index (χ4n) is 2.19. The number of hydrogen-bond donors (Lipinski definition) is 1. The Kier molecular flexibility index (Phi) is 14.0. The molecule has 0 saturated heterocycles. The van der Waals surface area contributed by atoms with Crippen molar-refractivity contribution in [2.24, 2.45) is 11.7 Å². The monoisotopic (exact) mass is 292 g/mol. The van der Waals surface area contributed by atoms with Gasteiger partial charge in [0.2, 0.25) is 5.91 Å². The average Bonchev–Trinajstić information content (AvgIpc) is 2.52. The third-order valence-corrected chi connectivity index (χ3v) is 3.53. The second-order valence-corrected chi connectivity index (χ2v) is 5.47. The van der Waals surface area contributed by atoms with Crippen LogP contribution in [0.25, 0.3) is 0 Å². The van der Waals surface area contributed by atoms with Crippen molar-refractivity contribution in [3.8, 4) is 0 Å². The highest BCUT2D eigenvalue weighted by atomic mass is 16.1. The summed E-state index contributed by atoms with van der Waals surface area (Å²) in [5, 5.41) is 0. The van der Waals surface area contributed by atoms with Gasteiger partial charge in [-0.3, -0.25) is 9.78 Å². The van der Waals surface area contributed by atoms with Gasteiger partial charge in [0.25, 0.3) is 0 Å². The molecule has 21 heavy (non-hydrogen) atoms. The number of pyridine rings is 1. The van der Waals surface area contributed by atoms with Crippen LogP contribution in [0.3, 0.4) is 0 Å². The van der Waals surface area contributed by atoms with Crippen molar-refractivity contribution >= 4 is 5.91 Å². The van der Waals surface area contributed by atoms with Crippen LogP contribution in [-0.2, 0) is 4.79 Å². The van der Waals surface area contributed by atoms with Crippen molar-refractivity contribution in [2.75, 3.05) is 0 Å². The quantitative estimate of drug-likeness (QED) is 0.634. The normalized spacial score (nSPS) is 11.3. The lowest BCUT2D eigenvalue weighted by Gasteiger charge is -2.12. The summed E-state index contributed by atoms with van der Waals surface area (Å²) < 4.78 is 0. The topological polar surface area (TPSA) is 56.0 Å². The summed E-state index contributed by atoms with van der Waals surface area (Å²) in [4.78, 5) is 14.9. The first-order valence-electron chi connectivity index (χ1n) is 8.36. The molecule has 0 aromatic carbocycles. The summed E-state index contributed by atoms with van der Waals surface area (Å²) >= 11 is 0. The van der Waals surface area contributed by atoms with Gasteiger partial charge in [-0.2, -0.15) is 0 Å². The highest BCUT2D eigenvalue weighted by Gasteiger charge is 2.13. The Hall–Kier alpha value is -1.38. The van der Waals surface area contributed by atoms with Gasteiger partial charge in [-0.05, 0) is 25.0 Å². The third-order valence-electron chi connectivity index (χ3n) is 3.53. The van der Waals surface area contributed by atoms with Crippen LogP contribution in [0, 0.1) is 5.92 Å². The van der Waals surface area contributed by atoms with Gasteiger partial charge < -0.3 is 5.73 Å². The molecule has 0 aliphatic heterocycles. The SMILES string of the molecule is CCCCCCCC(CCCC)C(N)=O.c1ccncc1. The fraction of sp³-hybridized carbons (Fsp3) is 0.667. The predicted octanol–water partition coefficient (Wildman–Crippen LogP) is 4.72. The van der Waals surface area contributed by atoms with Crippen LogP contribution in [0.5, 0.6) is 0 Å². The summed E-state index contributed by atoms with van der Waals surface area (Å²) in [6, 6.07) is 5.72. The summed E-state index contributed by atoms with van der Waals surface area (Å²) in [6.07, 6.45) is 14.1. The molecular weight excluding hydrogens is 260 g/mol. The maximum absolute atomic E-state index is 11.1. The first-order chi connectivity index (χ1) is 10.2. The number of primary amides is 1. The molecule has 2 N–H and O–H groups in total. The van der Waals surface area contributed by atoms with E-state index in [-0.39, 0.29) is 11.8 Å². The lowest BCUT2D eigenvalue weighted by atomic mass is 9.94. The van der Waals surface area contributed by atoms with Crippen molar-refractivity contribution in [3.05, 3.63) is 30.6 Å². The zero-order chi connectivity index (χ0) is 15.8. The minimum absolute atomic E-state index is 0.0982. The molecule has 3 heteroatoms. The molecule has 0 fully saturated rings. The Morgan fingerprint density at radius 2 is 1.48 bits per heavy atom. The highest BCUT2D eigenvalue weighted by Crippen LogP contribution is 2.17. The second-order valence-electron chi connectivity index (χ2n) is 5.47. The first kappa shape index (κ1) is 19.6. The number of nitrogens with two attached hydrogens (primary N) is 1. The lowest BCUT2D eigenvalue weighted by molar-refractivity contribution is -0.122. The van der Waals surface area contributed by atoms with E-state index >= 15 is 0 Å². The van der Waals surface area contributed by atoms with Crippen molar-refractivity contribution in [3.63, 3.8) is 0 Å². The first-order valence-corrected chi connectivity index (χ1v) is 8.36. The van der Waals surface area contributed by atoms with Crippen molar-refractivity contribution in [1.29, 1.82) is 0 Å². The summed E-state index contributed by atoms with van der Waals surface area (Å²) in [5.74, 6) is 0.0329. The third kappa shape index (κ3) is 13.4. The number of rotatable bonds is 10. The fourth-order valence-corrected chi connectivity index (χ4v) is 2.19. The molecule has 0 bridgehead atoms. The van der Waals surface area contributed by atoms with Crippen LogP contribution in [-0.4, -0.2) is 10.9 Å². The molecule has 0 aliphatic rings. The van der Waals surface area contributed by atoms with Gasteiger partial charge in [0.15, 0.2) is 0 Å². The number of hydrogen-bond acceptors (Lipinski definition) is 2. The Morgan fingerprint density at radius 3 is 1.90 bits per heavy atom. The van der Waals surface area contributed by atoms with Gasteiger partial charge in [-0.25, -0.2) is 0 Å². The minimum atomic E-state index is -0.0982. The average molecular weight is 292 g/mol. The summed E-state index contributed by atoms with van der Waals surface area (Å²) in [7, 11) is 0. The number of amides is 1. The van der Waals surface area contributed by atoms with E-state index in [9.17, 15) is 4.79 Å². The molecule has 120 valence electrons. The molecule has 1 rings (SSSR count). The Balaban J connectivity index is 0.000000547. The van der Waals surface area contributed by atoms with Crippen LogP contribution in [0.4, 0.5) is 0 Å². The Morgan fingerprint density at radius 1 is 0.905 bits per heavy atom. The van der Waals surface area contributed by atoms with Gasteiger partial charge in [0, 0.05) is 18.3 Å². The van der Waals surface area contributed by atoms with E-state index in [1.807, 2.05) is 18.2 Å². The molecule has 1 aromatic heterocycles. The Bertz CT molecular complexity index is 301. The van der Waals surface area contributed by atoms with Crippen LogP contribution in [0.2, 0.25) is 0 Å². The molecule has 0 aliphatic carbocycles. The molecule has 1 amide bonds. The van der Waals surface area contributed by atoms with E-state index in [0.29, 0.717) is 0 Å². The smallest absolute Gasteiger partial charge is 0.220 e. The molecule has 1 atom stereocenters. The Labute approximate surface area is 130 Å². The highest BCUT2D eigenvalue weighted by molar-refractivity contribution is 5.76. The van der Waals surface area contributed by atoms with Crippen molar-refractivity contribution in [2.45, 2.75) is 71.6 Å². The standard InChI is InChI=1S/C13H27NO.C5H5N/c1-3-5-7-8-9-11-12(13(14)15)10-6-4-2;1-2-4-6-5-3-1/h12H,3-11H2,1-2H3,(H2,14,15);1-5H. The van der Waals surface area contributed by atoms with Gasteiger partial charge in [0.05, 0.1) is 0 Å². The van der Waals surface area contributed by atoms with E-state index in [0.717, 1.165) is 32.1 Å². The van der Waals surface area contributed by atoms with E-state index < -0.39 is 0 Å². The summed E-state index contributed by atoms with van der Waals surface area (Å²) in [6.45, 7) is 4.37. The van der Waals surface area contributed by atoms with Crippen LogP contribution >= 0.6 is 0 Å². The maximum atomic E-state index is 11.1. The molecule has 3 nitrogen and oxygen atoms in total. The van der Waals surface area contributed by atoms with Gasteiger partial charge >= 0.3 is 0 Å². The molecule has 1 aromatic rings. The van der Waals surface area contributed by atoms with Crippen molar-refractivity contribution < 1.29 is 4.79 Å². The molecule has 0 spiro atoms. The van der Waals surface area contributed by atoms with E-state index in [1.165, 1.54) is 25.7 Å². The number of nitrogens with zero attached hydrogens (tertiary/aromatic N) is 1. The molecule has 1 heterocycles. The molecule has 0 radical (unpaired) electrons. The van der Waals surface area contributed by atoms with Crippen LogP contribution < -0.4 is 5.73 Å². The molecule has 0 saturated carbocycles. The van der Waals surface area contributed by atoms with Crippen LogP contribution in [0.1, 0.15) is 71.6 Å². The lowest BCUT2D eigenvalue weighted by Crippen LogP contribution is -2.23. The zero-order valence-corrected chi connectivity index (χ0v) is 13.8. The maximum Gasteiger partial charge on any atom is 0.220 e.